The van der Waals surface area contributed by atoms with Gasteiger partial charge in [0.1, 0.15) is 5.75 Å². The van der Waals surface area contributed by atoms with Gasteiger partial charge in [-0.1, -0.05) is 65.2 Å². The molecule has 2 saturated carbocycles. The number of rotatable bonds is 8. The summed E-state index contributed by atoms with van der Waals surface area (Å²) >= 11 is 0. The molecule has 0 saturated heterocycles. The normalized spacial score (nSPS) is 28.1. The number of carbonyl (C=O) groups is 1. The number of esters is 1. The van der Waals surface area contributed by atoms with Gasteiger partial charge in [0.15, 0.2) is 0 Å². The second-order valence-corrected chi connectivity index (χ2v) is 9.23. The lowest BCUT2D eigenvalue weighted by Crippen LogP contribution is -2.26. The van der Waals surface area contributed by atoms with E-state index in [2.05, 4.69) is 18.8 Å². The van der Waals surface area contributed by atoms with Gasteiger partial charge in [-0.05, 0) is 62.0 Å². The Kier molecular flexibility index (Phi) is 8.36. The molecule has 3 heteroatoms. The molecular weight excluding hydrogens is 346 g/mol. The maximum Gasteiger partial charge on any atom is 0.314 e. The zero-order valence-electron chi connectivity index (χ0n) is 18.0. The molecule has 28 heavy (non-hydrogen) atoms. The van der Waals surface area contributed by atoms with E-state index in [0.29, 0.717) is 5.75 Å². The Balaban J connectivity index is 1.33. The Bertz CT molecular complexity index is 581. The molecule has 156 valence electrons. The Labute approximate surface area is 171 Å². The second kappa shape index (κ2) is 11.0. The van der Waals surface area contributed by atoms with E-state index in [1.165, 1.54) is 64.2 Å². The molecule has 1 aromatic rings. The molecule has 0 aliphatic heterocycles. The summed E-state index contributed by atoms with van der Waals surface area (Å²) in [7, 11) is 0. The summed E-state index contributed by atoms with van der Waals surface area (Å²) in [6.07, 6.45) is 18.4. The smallest absolute Gasteiger partial charge is 0.314 e. The highest BCUT2D eigenvalue weighted by molar-refractivity contribution is 5.75. The predicted octanol–water partition coefficient (Wildman–Crippen LogP) is 6.74. The van der Waals surface area contributed by atoms with Crippen LogP contribution in [0.3, 0.4) is 0 Å². The largest absolute Gasteiger partial charge is 0.425 e. The van der Waals surface area contributed by atoms with Crippen molar-refractivity contribution in [3.63, 3.8) is 0 Å². The van der Waals surface area contributed by atoms with Gasteiger partial charge in [-0.25, -0.2) is 0 Å². The highest BCUT2D eigenvalue weighted by Crippen LogP contribution is 2.37. The third-order valence-corrected chi connectivity index (χ3v) is 7.20. The first-order chi connectivity index (χ1) is 13.7. The highest BCUT2D eigenvalue weighted by atomic mass is 16.5. The zero-order valence-corrected chi connectivity index (χ0v) is 18.0. The minimum absolute atomic E-state index is 0.0567. The van der Waals surface area contributed by atoms with Crippen LogP contribution in [0.4, 0.5) is 0 Å². The molecule has 3 rings (SSSR count). The Morgan fingerprint density at radius 2 is 1.46 bits per heavy atom. The molecule has 0 spiro atoms. The van der Waals surface area contributed by atoms with Gasteiger partial charge < -0.3 is 4.74 Å². The van der Waals surface area contributed by atoms with Gasteiger partial charge in [-0.3, -0.25) is 9.78 Å². The van der Waals surface area contributed by atoms with Gasteiger partial charge in [-0.2, -0.15) is 0 Å². The summed E-state index contributed by atoms with van der Waals surface area (Å²) in [6, 6.07) is 3.81. The molecule has 0 amide bonds. The first-order valence-corrected chi connectivity index (χ1v) is 11.8. The van der Waals surface area contributed by atoms with Crippen LogP contribution in [0.25, 0.3) is 0 Å². The van der Waals surface area contributed by atoms with Crippen LogP contribution in [0.2, 0.25) is 0 Å². The van der Waals surface area contributed by atoms with Gasteiger partial charge >= 0.3 is 5.97 Å². The molecule has 3 nitrogen and oxygen atoms in total. The van der Waals surface area contributed by atoms with E-state index < -0.39 is 0 Å². The van der Waals surface area contributed by atoms with Crippen LogP contribution in [0.5, 0.6) is 5.75 Å². The van der Waals surface area contributed by atoms with Gasteiger partial charge in [0.25, 0.3) is 0 Å². The van der Waals surface area contributed by atoms with Crippen molar-refractivity contribution in [3.05, 3.63) is 24.0 Å². The van der Waals surface area contributed by atoms with Crippen LogP contribution in [0.1, 0.15) is 96.6 Å². The summed E-state index contributed by atoms with van der Waals surface area (Å²) in [6.45, 7) is 4.39. The molecule has 1 aromatic heterocycles. The number of nitrogens with zero attached hydrogens (tertiary/aromatic N) is 1. The maximum absolute atomic E-state index is 12.5. The van der Waals surface area contributed by atoms with E-state index in [1.54, 1.807) is 6.20 Å². The minimum atomic E-state index is -0.0567. The number of pyridine rings is 1. The lowest BCUT2D eigenvalue weighted by molar-refractivity contribution is -0.140. The number of aryl methyl sites for hydroxylation is 1. The Hall–Kier alpha value is -1.38. The Morgan fingerprint density at radius 3 is 1.96 bits per heavy atom. The van der Waals surface area contributed by atoms with Gasteiger partial charge in [0.05, 0.1) is 12.1 Å². The first kappa shape index (κ1) is 21.3. The van der Waals surface area contributed by atoms with Gasteiger partial charge in [-0.15, -0.1) is 0 Å². The number of hydrogen-bond donors (Lipinski definition) is 0. The fourth-order valence-electron chi connectivity index (χ4n) is 5.26. The number of carbonyl (C=O) groups excluding carboxylic acids is 1. The van der Waals surface area contributed by atoms with E-state index in [-0.39, 0.29) is 11.9 Å². The molecule has 0 bridgehead atoms. The summed E-state index contributed by atoms with van der Waals surface area (Å²) in [4.78, 5) is 16.8. The Morgan fingerprint density at radius 1 is 0.893 bits per heavy atom. The standard InChI is InChI=1S/C25H39NO2/c1-3-5-19-6-8-20(9-7-19)10-11-21-12-14-22(15-13-21)25(27)28-24-17-16-23(4-2)26-18-24/h16-22H,3-15H2,1-2H3. The van der Waals surface area contributed by atoms with Crippen molar-refractivity contribution in [1.29, 1.82) is 0 Å². The van der Waals surface area contributed by atoms with E-state index in [9.17, 15) is 4.79 Å². The summed E-state index contributed by atoms with van der Waals surface area (Å²) < 4.78 is 5.57. The first-order valence-electron chi connectivity index (χ1n) is 11.8. The van der Waals surface area contributed by atoms with E-state index >= 15 is 0 Å². The number of aromatic nitrogens is 1. The maximum atomic E-state index is 12.5. The minimum Gasteiger partial charge on any atom is -0.425 e. The molecule has 0 atom stereocenters. The summed E-state index contributed by atoms with van der Waals surface area (Å²) in [5.74, 6) is 3.40. The molecule has 0 N–H and O–H groups in total. The third kappa shape index (κ3) is 6.32. The van der Waals surface area contributed by atoms with Crippen LogP contribution in [-0.2, 0) is 11.2 Å². The third-order valence-electron chi connectivity index (χ3n) is 7.20. The van der Waals surface area contributed by atoms with E-state index in [1.807, 2.05) is 12.1 Å². The molecule has 0 aromatic carbocycles. The van der Waals surface area contributed by atoms with Crippen LogP contribution < -0.4 is 4.74 Å². The fourth-order valence-corrected chi connectivity index (χ4v) is 5.26. The highest BCUT2D eigenvalue weighted by Gasteiger charge is 2.28. The van der Waals surface area contributed by atoms with Crippen molar-refractivity contribution in [2.45, 2.75) is 97.3 Å². The van der Waals surface area contributed by atoms with Crippen molar-refractivity contribution in [1.82, 2.24) is 4.98 Å². The lowest BCUT2D eigenvalue weighted by atomic mass is 9.75. The topological polar surface area (TPSA) is 39.2 Å². The van der Waals surface area contributed by atoms with Crippen molar-refractivity contribution in [3.8, 4) is 5.75 Å². The van der Waals surface area contributed by atoms with Crippen molar-refractivity contribution < 1.29 is 9.53 Å². The predicted molar refractivity (Wildman–Crippen MR) is 114 cm³/mol. The van der Waals surface area contributed by atoms with E-state index in [4.69, 9.17) is 4.74 Å². The molecule has 0 unspecified atom stereocenters. The molecule has 0 radical (unpaired) electrons. The number of hydrogen-bond acceptors (Lipinski definition) is 3. The fraction of sp³-hybridized carbons (Fsp3) is 0.760. The van der Waals surface area contributed by atoms with Gasteiger partial charge in [0.2, 0.25) is 0 Å². The van der Waals surface area contributed by atoms with Crippen molar-refractivity contribution in [2.24, 2.45) is 23.7 Å². The average molecular weight is 386 g/mol. The monoisotopic (exact) mass is 385 g/mol. The van der Waals surface area contributed by atoms with Crippen molar-refractivity contribution >= 4 is 5.97 Å². The molecule has 1 heterocycles. The quantitative estimate of drug-likeness (QED) is 0.465. The molecule has 2 aliphatic rings. The molecule has 2 fully saturated rings. The second-order valence-electron chi connectivity index (χ2n) is 9.23. The molecular formula is C25H39NO2. The SMILES string of the molecule is CCCC1CCC(CCC2CCC(C(=O)Oc3ccc(CC)nc3)CC2)CC1. The van der Waals surface area contributed by atoms with Gasteiger partial charge in [0, 0.05) is 5.69 Å². The zero-order chi connectivity index (χ0) is 19.8. The lowest BCUT2D eigenvalue weighted by Gasteiger charge is -2.31. The van der Waals surface area contributed by atoms with Crippen molar-refractivity contribution in [2.75, 3.05) is 0 Å². The van der Waals surface area contributed by atoms with Crippen LogP contribution >= 0.6 is 0 Å². The summed E-state index contributed by atoms with van der Waals surface area (Å²) in [5.41, 5.74) is 1.03. The average Bonchev–Trinajstić information content (AvgIpc) is 2.74. The van der Waals surface area contributed by atoms with Crippen LogP contribution in [0.15, 0.2) is 18.3 Å². The molecule has 2 aliphatic carbocycles. The van der Waals surface area contributed by atoms with Crippen LogP contribution in [0, 0.1) is 23.7 Å². The van der Waals surface area contributed by atoms with E-state index in [0.717, 1.165) is 42.7 Å². The van der Waals surface area contributed by atoms with Crippen LogP contribution in [-0.4, -0.2) is 11.0 Å². The summed E-state index contributed by atoms with van der Waals surface area (Å²) in [5, 5.41) is 0. The number of ether oxygens (including phenoxy) is 1.